The van der Waals surface area contributed by atoms with Crippen molar-refractivity contribution in [2.75, 3.05) is 25.2 Å². The second kappa shape index (κ2) is 7.07. The maximum Gasteiger partial charge on any atom is 0.232 e. The molecule has 6 nitrogen and oxygen atoms in total. The molecule has 25 heavy (non-hydrogen) atoms. The molecule has 0 radical (unpaired) electrons. The van der Waals surface area contributed by atoms with Crippen LogP contribution in [0.25, 0.3) is 11.4 Å². The van der Waals surface area contributed by atoms with E-state index in [1.807, 2.05) is 17.0 Å². The first-order valence-electron chi connectivity index (χ1n) is 8.66. The van der Waals surface area contributed by atoms with Crippen molar-refractivity contribution in [1.82, 2.24) is 19.9 Å². The number of carbonyl (C=O) groups is 1. The van der Waals surface area contributed by atoms with E-state index in [9.17, 15) is 4.79 Å². The highest BCUT2D eigenvalue weighted by atomic mass is 32.2. The van der Waals surface area contributed by atoms with Gasteiger partial charge in [0, 0.05) is 30.8 Å². The van der Waals surface area contributed by atoms with Crippen molar-refractivity contribution in [3.63, 3.8) is 0 Å². The lowest BCUT2D eigenvalue weighted by molar-refractivity contribution is -0.129. The van der Waals surface area contributed by atoms with Gasteiger partial charge in [-0.3, -0.25) is 4.79 Å². The Hall–Kier alpha value is -2.02. The molecule has 0 aromatic carbocycles. The molecule has 1 aliphatic heterocycles. The zero-order valence-corrected chi connectivity index (χ0v) is 15.1. The summed E-state index contributed by atoms with van der Waals surface area (Å²) in [6.45, 7) is 1.37. The number of H-pyrrole nitrogens is 1. The van der Waals surface area contributed by atoms with Crippen LogP contribution in [-0.4, -0.2) is 50.9 Å². The first kappa shape index (κ1) is 16.4. The van der Waals surface area contributed by atoms with E-state index in [2.05, 4.69) is 15.0 Å². The Morgan fingerprint density at radius 2 is 2.32 bits per heavy atom. The van der Waals surface area contributed by atoms with E-state index >= 15 is 0 Å². The number of ether oxygens (including phenoxy) is 1. The Balaban J connectivity index is 1.40. The summed E-state index contributed by atoms with van der Waals surface area (Å²) >= 11 is 1.78. The average Bonchev–Trinajstić information content (AvgIpc) is 3.37. The number of methoxy groups -OCH3 is 1. The zero-order chi connectivity index (χ0) is 17.2. The van der Waals surface area contributed by atoms with Gasteiger partial charge in [0.15, 0.2) is 0 Å². The van der Waals surface area contributed by atoms with E-state index in [0.29, 0.717) is 18.2 Å². The highest BCUT2D eigenvalue weighted by molar-refractivity contribution is 7.99. The molecule has 2 aromatic rings. The number of rotatable bonds is 6. The monoisotopic (exact) mass is 358 g/mol. The number of aromatic nitrogens is 3. The van der Waals surface area contributed by atoms with E-state index in [0.717, 1.165) is 47.4 Å². The van der Waals surface area contributed by atoms with Gasteiger partial charge in [-0.1, -0.05) is 0 Å². The minimum absolute atomic E-state index is 0.235. The molecule has 0 unspecified atom stereocenters. The van der Waals surface area contributed by atoms with E-state index in [-0.39, 0.29) is 5.91 Å². The summed E-state index contributed by atoms with van der Waals surface area (Å²) in [5.74, 6) is 4.20. The largest absolute Gasteiger partial charge is 0.481 e. The number of hydrogen-bond acceptors (Lipinski definition) is 5. The van der Waals surface area contributed by atoms with Crippen LogP contribution in [-0.2, 0) is 17.8 Å². The van der Waals surface area contributed by atoms with Gasteiger partial charge in [-0.2, -0.15) is 11.8 Å². The zero-order valence-electron chi connectivity index (χ0n) is 14.3. The van der Waals surface area contributed by atoms with Gasteiger partial charge < -0.3 is 14.6 Å². The molecule has 132 valence electrons. The quantitative estimate of drug-likeness (QED) is 0.859. The molecule has 1 saturated carbocycles. The second-order valence-corrected chi connectivity index (χ2v) is 7.65. The predicted molar refractivity (Wildman–Crippen MR) is 97.5 cm³/mol. The number of thioether (sulfide) groups is 1. The van der Waals surface area contributed by atoms with Crippen LogP contribution >= 0.6 is 11.8 Å². The predicted octanol–water partition coefficient (Wildman–Crippen LogP) is 2.51. The van der Waals surface area contributed by atoms with Gasteiger partial charge in [0.1, 0.15) is 5.82 Å². The summed E-state index contributed by atoms with van der Waals surface area (Å²) in [6, 6.07) is 3.76. The molecule has 3 heterocycles. The standard InChI is InChI=1S/C18H22N4O2S/c1-24-16-5-4-13(8-19-16)18-20-14-6-7-22(9-15(14)21-18)17(23)11-25-10-12-2-3-12/h4-5,8,12H,2-3,6-7,9-11H2,1H3,(H,20,21). The van der Waals surface area contributed by atoms with Crippen molar-refractivity contribution in [2.24, 2.45) is 5.92 Å². The Labute approximate surface area is 151 Å². The van der Waals surface area contributed by atoms with Crippen molar-refractivity contribution < 1.29 is 9.53 Å². The van der Waals surface area contributed by atoms with Crippen LogP contribution in [0.15, 0.2) is 18.3 Å². The van der Waals surface area contributed by atoms with Gasteiger partial charge in [-0.15, -0.1) is 0 Å². The van der Waals surface area contributed by atoms with Crippen LogP contribution in [0.2, 0.25) is 0 Å². The average molecular weight is 358 g/mol. The summed E-state index contributed by atoms with van der Waals surface area (Å²) in [5, 5.41) is 0. The Morgan fingerprint density at radius 3 is 3.04 bits per heavy atom. The summed E-state index contributed by atoms with van der Waals surface area (Å²) in [7, 11) is 1.60. The molecule has 0 bridgehead atoms. The van der Waals surface area contributed by atoms with Gasteiger partial charge in [-0.25, -0.2) is 9.97 Å². The number of hydrogen-bond donors (Lipinski definition) is 1. The smallest absolute Gasteiger partial charge is 0.232 e. The summed E-state index contributed by atoms with van der Waals surface area (Å²) in [6.07, 6.45) is 5.23. The molecule has 0 spiro atoms. The SMILES string of the molecule is COc1ccc(-c2nc3c([nH]2)CN(C(=O)CSCC2CC2)CC3)cn1. The third-order valence-electron chi connectivity index (χ3n) is 4.68. The van der Waals surface area contributed by atoms with E-state index in [1.165, 1.54) is 12.8 Å². The van der Waals surface area contributed by atoms with Crippen LogP contribution in [0.3, 0.4) is 0 Å². The van der Waals surface area contributed by atoms with Gasteiger partial charge in [0.2, 0.25) is 11.8 Å². The highest BCUT2D eigenvalue weighted by Gasteiger charge is 2.25. The molecule has 1 fully saturated rings. The molecule has 1 aliphatic carbocycles. The van der Waals surface area contributed by atoms with E-state index < -0.39 is 0 Å². The molecule has 7 heteroatoms. The number of nitrogens with one attached hydrogen (secondary N) is 1. The number of imidazole rings is 1. The minimum Gasteiger partial charge on any atom is -0.481 e. The number of carbonyl (C=O) groups excluding carboxylic acids is 1. The van der Waals surface area contributed by atoms with Crippen LogP contribution in [0, 0.1) is 5.92 Å². The van der Waals surface area contributed by atoms with E-state index in [4.69, 9.17) is 4.74 Å². The first-order valence-corrected chi connectivity index (χ1v) is 9.82. The number of amides is 1. The Kier molecular flexibility index (Phi) is 4.65. The van der Waals surface area contributed by atoms with Crippen molar-refractivity contribution in [3.05, 3.63) is 29.7 Å². The molecule has 1 amide bonds. The lowest BCUT2D eigenvalue weighted by Crippen LogP contribution is -2.37. The van der Waals surface area contributed by atoms with Crippen molar-refractivity contribution >= 4 is 17.7 Å². The van der Waals surface area contributed by atoms with E-state index in [1.54, 1.807) is 25.1 Å². The highest BCUT2D eigenvalue weighted by Crippen LogP contribution is 2.32. The van der Waals surface area contributed by atoms with Gasteiger partial charge >= 0.3 is 0 Å². The third kappa shape index (κ3) is 3.81. The summed E-state index contributed by atoms with van der Waals surface area (Å²) < 4.78 is 5.09. The fourth-order valence-electron chi connectivity index (χ4n) is 2.97. The van der Waals surface area contributed by atoms with Crippen LogP contribution in [0.4, 0.5) is 0 Å². The van der Waals surface area contributed by atoms with Crippen molar-refractivity contribution in [1.29, 1.82) is 0 Å². The third-order valence-corrected chi connectivity index (χ3v) is 5.84. The fraction of sp³-hybridized carbons (Fsp3) is 0.500. The van der Waals surface area contributed by atoms with Crippen LogP contribution < -0.4 is 4.74 Å². The van der Waals surface area contributed by atoms with Gasteiger partial charge in [0.25, 0.3) is 0 Å². The number of nitrogens with zero attached hydrogens (tertiary/aromatic N) is 3. The lowest BCUT2D eigenvalue weighted by Gasteiger charge is -2.26. The topological polar surface area (TPSA) is 71.1 Å². The molecule has 0 atom stereocenters. The fourth-order valence-corrected chi connectivity index (χ4v) is 4.11. The number of aromatic amines is 1. The first-order chi connectivity index (χ1) is 12.2. The second-order valence-electron chi connectivity index (χ2n) is 6.62. The molecular weight excluding hydrogens is 336 g/mol. The maximum absolute atomic E-state index is 12.4. The summed E-state index contributed by atoms with van der Waals surface area (Å²) in [4.78, 5) is 26.6. The maximum atomic E-state index is 12.4. The van der Waals surface area contributed by atoms with Gasteiger partial charge in [0.05, 0.1) is 30.8 Å². The summed E-state index contributed by atoms with van der Waals surface area (Å²) in [5.41, 5.74) is 3.02. The molecule has 0 saturated heterocycles. The van der Waals surface area contributed by atoms with Crippen LogP contribution in [0.5, 0.6) is 5.88 Å². The lowest BCUT2D eigenvalue weighted by atomic mass is 10.1. The minimum atomic E-state index is 0.235. The molecule has 2 aromatic heterocycles. The molecule has 2 aliphatic rings. The molecule has 1 N–H and O–H groups in total. The van der Waals surface area contributed by atoms with Gasteiger partial charge in [-0.05, 0) is 30.6 Å². The van der Waals surface area contributed by atoms with Crippen molar-refractivity contribution in [3.8, 4) is 17.3 Å². The normalized spacial score (nSPS) is 16.6. The van der Waals surface area contributed by atoms with Crippen LogP contribution in [0.1, 0.15) is 24.2 Å². The molecule has 4 rings (SSSR count). The Bertz CT molecular complexity index is 755. The number of fused-ring (bicyclic) bond motifs is 1. The molecular formula is C18H22N4O2S. The van der Waals surface area contributed by atoms with Crippen molar-refractivity contribution in [2.45, 2.75) is 25.8 Å². The Morgan fingerprint density at radius 1 is 1.44 bits per heavy atom. The number of pyridine rings is 1.